The third kappa shape index (κ3) is 4.70. The van der Waals surface area contributed by atoms with Crippen molar-refractivity contribution in [3.63, 3.8) is 0 Å². The summed E-state index contributed by atoms with van der Waals surface area (Å²) in [5.74, 6) is 0. The molecule has 274 valence electrons. The molecular formula is C54H36N2OS. The van der Waals surface area contributed by atoms with Gasteiger partial charge in [0.2, 0.25) is 0 Å². The van der Waals surface area contributed by atoms with Gasteiger partial charge in [0.05, 0.1) is 22.1 Å². The van der Waals surface area contributed by atoms with Gasteiger partial charge in [0, 0.05) is 63.3 Å². The molecule has 3 nitrogen and oxygen atoms in total. The van der Waals surface area contributed by atoms with E-state index in [1.165, 1.54) is 52.2 Å². The zero-order chi connectivity index (χ0) is 38.2. The summed E-state index contributed by atoms with van der Waals surface area (Å²) in [5.41, 5.74) is 8.70. The molecule has 0 aliphatic heterocycles. The number of fused-ring (bicyclic) bond motifs is 10. The second-order valence-electron chi connectivity index (χ2n) is 14.9. The van der Waals surface area contributed by atoms with Crippen LogP contribution >= 0.6 is 10.0 Å². The molecule has 4 heteroatoms. The van der Waals surface area contributed by atoms with Crippen LogP contribution in [0.25, 0.3) is 76.9 Å². The number of aromatic nitrogens is 2. The van der Waals surface area contributed by atoms with Crippen molar-refractivity contribution in [2.45, 2.75) is 19.6 Å². The predicted octanol–water partition coefficient (Wildman–Crippen LogP) is 15.1. The molecule has 3 aromatic heterocycles. The van der Waals surface area contributed by atoms with E-state index in [1.807, 2.05) is 6.07 Å². The highest BCUT2D eigenvalue weighted by Gasteiger charge is 2.34. The van der Waals surface area contributed by atoms with Crippen LogP contribution in [-0.4, -0.2) is 9.13 Å². The van der Waals surface area contributed by atoms with Crippen LogP contribution in [0.3, 0.4) is 0 Å². The van der Waals surface area contributed by atoms with E-state index in [0.717, 1.165) is 44.3 Å². The Morgan fingerprint density at radius 1 is 0.310 bits per heavy atom. The Labute approximate surface area is 336 Å². The highest BCUT2D eigenvalue weighted by atomic mass is 32.3. The van der Waals surface area contributed by atoms with Crippen LogP contribution in [0, 0.1) is 0 Å². The molecule has 0 bridgehead atoms. The lowest BCUT2D eigenvalue weighted by Crippen LogP contribution is -2.06. The summed E-state index contributed by atoms with van der Waals surface area (Å²) >= 11 is 0. The first-order valence-corrected chi connectivity index (χ1v) is 21.4. The number of rotatable bonds is 6. The molecule has 0 spiro atoms. The van der Waals surface area contributed by atoms with E-state index in [1.54, 1.807) is 0 Å². The molecule has 0 radical (unpaired) electrons. The van der Waals surface area contributed by atoms with E-state index in [0.29, 0.717) is 0 Å². The summed E-state index contributed by atoms with van der Waals surface area (Å²) in [5, 5.41) is 7.16. The molecule has 0 atom stereocenters. The standard InChI is InChI=1S/C54H36N2OS/c1-3-17-39(18-4-1)58(40-19-5-2-6-20-40,41-32-30-37(31-33-41)55-49-26-11-7-22-43(49)44-23-8-12-27-50(44)55)42-21-15-16-38(36-42)56-51-28-13-9-24-45(51)47-34-35-48-46-25-10-14-29-52(46)57-54(48)53(47)56/h1-36H. The van der Waals surface area contributed by atoms with E-state index < -0.39 is 10.0 Å². The van der Waals surface area contributed by atoms with Crippen LogP contribution < -0.4 is 0 Å². The maximum Gasteiger partial charge on any atom is 0.160 e. The quantitative estimate of drug-likeness (QED) is 0.166. The molecule has 0 saturated carbocycles. The lowest BCUT2D eigenvalue weighted by atomic mass is 10.1. The predicted molar refractivity (Wildman–Crippen MR) is 242 cm³/mol. The average molecular weight is 761 g/mol. The van der Waals surface area contributed by atoms with Gasteiger partial charge in [0.1, 0.15) is 5.58 Å². The Bertz CT molecular complexity index is 3410. The maximum absolute atomic E-state index is 6.74. The van der Waals surface area contributed by atoms with Crippen molar-refractivity contribution in [3.05, 3.63) is 218 Å². The first kappa shape index (κ1) is 32.9. The van der Waals surface area contributed by atoms with Crippen LogP contribution in [0.4, 0.5) is 0 Å². The number of hydrogen-bond donors (Lipinski definition) is 0. The van der Waals surface area contributed by atoms with Crippen LogP contribution in [0.2, 0.25) is 0 Å². The SMILES string of the molecule is c1ccc(S(c2ccccc2)(c2ccc(-n3c4ccccc4c4ccccc43)cc2)c2cccc(-n3c4ccccc4c4ccc5c6ccccc6oc5c43)c2)cc1. The van der Waals surface area contributed by atoms with E-state index in [4.69, 9.17) is 4.42 Å². The fourth-order valence-corrected chi connectivity index (χ4v) is 13.3. The molecule has 0 aliphatic rings. The van der Waals surface area contributed by atoms with Crippen LogP contribution in [-0.2, 0) is 0 Å². The second-order valence-corrected chi connectivity index (χ2v) is 18.0. The molecule has 12 aromatic rings. The second kappa shape index (κ2) is 12.9. The van der Waals surface area contributed by atoms with E-state index in [9.17, 15) is 0 Å². The summed E-state index contributed by atoms with van der Waals surface area (Å²) < 4.78 is 11.6. The fraction of sp³-hybridized carbons (Fsp3) is 0. The van der Waals surface area contributed by atoms with Crippen LogP contribution in [0.5, 0.6) is 0 Å². The van der Waals surface area contributed by atoms with Gasteiger partial charge in [-0.3, -0.25) is 0 Å². The highest BCUT2D eigenvalue weighted by Crippen LogP contribution is 2.73. The molecule has 0 amide bonds. The number of nitrogens with zero attached hydrogens (tertiary/aromatic N) is 2. The van der Waals surface area contributed by atoms with Crippen molar-refractivity contribution in [1.82, 2.24) is 9.13 Å². The zero-order valence-corrected chi connectivity index (χ0v) is 32.3. The van der Waals surface area contributed by atoms with Crippen molar-refractivity contribution in [1.29, 1.82) is 0 Å². The van der Waals surface area contributed by atoms with Gasteiger partial charge < -0.3 is 13.6 Å². The zero-order valence-electron chi connectivity index (χ0n) is 31.5. The summed E-state index contributed by atoms with van der Waals surface area (Å²) in [6.45, 7) is 0. The van der Waals surface area contributed by atoms with Crippen molar-refractivity contribution in [2.24, 2.45) is 0 Å². The van der Waals surface area contributed by atoms with Gasteiger partial charge in [-0.2, -0.15) is 0 Å². The van der Waals surface area contributed by atoms with Gasteiger partial charge in [-0.05, 0) is 97.1 Å². The Morgan fingerprint density at radius 2 is 0.793 bits per heavy atom. The molecule has 3 heterocycles. The lowest BCUT2D eigenvalue weighted by Gasteiger charge is -2.42. The largest absolute Gasteiger partial charge is 0.454 e. The normalized spacial score (nSPS) is 12.4. The highest BCUT2D eigenvalue weighted by molar-refractivity contribution is 8.34. The summed E-state index contributed by atoms with van der Waals surface area (Å²) in [6.07, 6.45) is 0. The Morgan fingerprint density at radius 3 is 1.43 bits per heavy atom. The molecule has 0 aliphatic carbocycles. The minimum atomic E-state index is -2.01. The van der Waals surface area contributed by atoms with Crippen LogP contribution in [0.1, 0.15) is 0 Å². The van der Waals surface area contributed by atoms with Gasteiger partial charge in [-0.15, -0.1) is 10.0 Å². The number of furan rings is 1. The monoisotopic (exact) mass is 760 g/mol. The first-order chi connectivity index (χ1) is 28.8. The van der Waals surface area contributed by atoms with E-state index in [2.05, 4.69) is 221 Å². The van der Waals surface area contributed by atoms with Crippen molar-refractivity contribution in [3.8, 4) is 11.4 Å². The average Bonchev–Trinajstić information content (AvgIpc) is 3.96. The number of para-hydroxylation sites is 4. The third-order valence-corrected chi connectivity index (χ3v) is 15.7. The molecule has 0 unspecified atom stereocenters. The van der Waals surface area contributed by atoms with Gasteiger partial charge in [0.15, 0.2) is 5.58 Å². The van der Waals surface area contributed by atoms with Gasteiger partial charge >= 0.3 is 0 Å². The van der Waals surface area contributed by atoms with Gasteiger partial charge in [-0.25, -0.2) is 0 Å². The van der Waals surface area contributed by atoms with Crippen molar-refractivity contribution >= 4 is 75.6 Å². The first-order valence-electron chi connectivity index (χ1n) is 19.8. The van der Waals surface area contributed by atoms with Gasteiger partial charge in [-0.1, -0.05) is 121 Å². The van der Waals surface area contributed by atoms with E-state index >= 15 is 0 Å². The number of hydrogen-bond acceptors (Lipinski definition) is 1. The Balaban J connectivity index is 1.13. The lowest BCUT2D eigenvalue weighted by molar-refractivity contribution is 0.671. The summed E-state index contributed by atoms with van der Waals surface area (Å²) in [4.78, 5) is 5.10. The van der Waals surface area contributed by atoms with Crippen molar-refractivity contribution in [2.75, 3.05) is 0 Å². The molecule has 0 saturated heterocycles. The summed E-state index contributed by atoms with van der Waals surface area (Å²) in [6, 6.07) is 79.9. The smallest absolute Gasteiger partial charge is 0.160 e. The Hall–Kier alpha value is -7.27. The molecule has 12 rings (SSSR count). The van der Waals surface area contributed by atoms with E-state index in [-0.39, 0.29) is 0 Å². The Kier molecular flexibility index (Phi) is 7.31. The third-order valence-electron chi connectivity index (χ3n) is 11.8. The molecule has 0 N–H and O–H groups in total. The molecule has 58 heavy (non-hydrogen) atoms. The molecule has 9 aromatic carbocycles. The minimum absolute atomic E-state index is 0.900. The van der Waals surface area contributed by atoms with Crippen molar-refractivity contribution < 1.29 is 4.42 Å². The topological polar surface area (TPSA) is 23.0 Å². The summed E-state index contributed by atoms with van der Waals surface area (Å²) in [7, 11) is -2.01. The fourth-order valence-electron chi connectivity index (χ4n) is 9.38. The molecular weight excluding hydrogens is 725 g/mol. The number of benzene rings is 9. The van der Waals surface area contributed by atoms with Crippen LogP contribution in [0.15, 0.2) is 242 Å². The van der Waals surface area contributed by atoms with Gasteiger partial charge in [0.25, 0.3) is 0 Å². The maximum atomic E-state index is 6.74. The minimum Gasteiger partial charge on any atom is -0.454 e. The molecule has 0 fully saturated rings.